The van der Waals surface area contributed by atoms with E-state index in [0.717, 1.165) is 9.44 Å². The lowest BCUT2D eigenvalue weighted by atomic mass is 10.4. The van der Waals surface area contributed by atoms with E-state index in [1.165, 1.54) is 11.3 Å². The first-order valence-corrected chi connectivity index (χ1v) is 5.21. The fourth-order valence-electron chi connectivity index (χ4n) is 1.24. The van der Waals surface area contributed by atoms with Gasteiger partial charge in [-0.05, 0) is 11.4 Å². The number of rotatable bonds is 2. The molecule has 0 saturated carbocycles. The Morgan fingerprint density at radius 2 is 2.25 bits per heavy atom. The molecule has 2 aromatic heterocycles. The largest absolute Gasteiger partial charge is 0.492 e. The predicted molar refractivity (Wildman–Crippen MR) is 56.4 cm³/mol. The Hall–Kier alpha value is -1.89. The van der Waals surface area contributed by atoms with Gasteiger partial charge in [0.15, 0.2) is 0 Å². The third kappa shape index (κ3) is 1.76. The topological polar surface area (TPSA) is 75.1 Å². The van der Waals surface area contributed by atoms with Crippen molar-refractivity contribution in [3.05, 3.63) is 49.0 Å². The number of nitrogens with one attached hydrogen (secondary N) is 1. The lowest BCUT2D eigenvalue weighted by Gasteiger charge is -2.05. The van der Waals surface area contributed by atoms with Crippen LogP contribution in [0.15, 0.2) is 27.1 Å². The van der Waals surface area contributed by atoms with Crippen molar-refractivity contribution in [2.75, 3.05) is 0 Å². The van der Waals surface area contributed by atoms with Crippen LogP contribution in [0.3, 0.4) is 0 Å². The maximum absolute atomic E-state index is 13.0. The van der Waals surface area contributed by atoms with Crippen LogP contribution in [0.2, 0.25) is 0 Å². The Morgan fingerprint density at radius 1 is 1.50 bits per heavy atom. The van der Waals surface area contributed by atoms with Crippen molar-refractivity contribution < 1.29 is 9.50 Å². The van der Waals surface area contributed by atoms with Crippen LogP contribution in [0.4, 0.5) is 4.39 Å². The molecule has 0 aliphatic carbocycles. The Morgan fingerprint density at radius 3 is 2.88 bits per heavy atom. The average molecular weight is 242 g/mol. The molecule has 0 aliphatic heterocycles. The number of aromatic amines is 1. The summed E-state index contributed by atoms with van der Waals surface area (Å²) in [6, 6.07) is 3.50. The molecule has 0 aliphatic rings. The Labute approximate surface area is 92.4 Å². The molecule has 0 aromatic carbocycles. The van der Waals surface area contributed by atoms with Crippen molar-refractivity contribution in [1.29, 1.82) is 0 Å². The van der Waals surface area contributed by atoms with E-state index in [1.807, 2.05) is 0 Å². The number of thiophene rings is 1. The van der Waals surface area contributed by atoms with Gasteiger partial charge in [-0.25, -0.2) is 4.79 Å². The molecular weight excluding hydrogens is 235 g/mol. The van der Waals surface area contributed by atoms with Gasteiger partial charge in [-0.15, -0.1) is 11.3 Å². The van der Waals surface area contributed by atoms with Crippen molar-refractivity contribution in [1.82, 2.24) is 9.55 Å². The highest BCUT2D eigenvalue weighted by Crippen LogP contribution is 2.14. The lowest BCUT2D eigenvalue weighted by Crippen LogP contribution is -2.32. The third-order valence-electron chi connectivity index (χ3n) is 2.01. The summed E-state index contributed by atoms with van der Waals surface area (Å²) in [4.78, 5) is 24.7. The van der Waals surface area contributed by atoms with Gasteiger partial charge in [-0.3, -0.25) is 14.3 Å². The lowest BCUT2D eigenvalue weighted by molar-refractivity contribution is 0.368. The summed E-state index contributed by atoms with van der Waals surface area (Å²) in [6.07, 6.45) is 0. The first-order valence-electron chi connectivity index (χ1n) is 4.33. The van der Waals surface area contributed by atoms with Crippen LogP contribution in [-0.4, -0.2) is 14.7 Å². The summed E-state index contributed by atoms with van der Waals surface area (Å²) in [5.74, 6) is -2.29. The van der Waals surface area contributed by atoms with Gasteiger partial charge in [0.05, 0.1) is 6.54 Å². The molecule has 0 saturated heterocycles. The Balaban J connectivity index is 2.53. The molecule has 0 radical (unpaired) electrons. The van der Waals surface area contributed by atoms with E-state index in [1.54, 1.807) is 22.5 Å². The number of nitrogens with zero attached hydrogens (tertiary/aromatic N) is 1. The van der Waals surface area contributed by atoms with Crippen molar-refractivity contribution in [2.45, 2.75) is 6.54 Å². The maximum Gasteiger partial charge on any atom is 0.331 e. The minimum Gasteiger partial charge on any atom is -0.492 e. The zero-order valence-electron chi connectivity index (χ0n) is 7.94. The minimum atomic E-state index is -1.35. The van der Waals surface area contributed by atoms with E-state index >= 15 is 0 Å². The van der Waals surface area contributed by atoms with Crippen LogP contribution in [0.25, 0.3) is 0 Å². The molecule has 2 aromatic rings. The van der Waals surface area contributed by atoms with E-state index < -0.39 is 22.9 Å². The number of hydrogen-bond donors (Lipinski definition) is 2. The highest BCUT2D eigenvalue weighted by atomic mass is 32.1. The number of aromatic nitrogens is 2. The second-order valence-corrected chi connectivity index (χ2v) is 4.09. The molecule has 0 amide bonds. The summed E-state index contributed by atoms with van der Waals surface area (Å²) >= 11 is 1.36. The molecule has 84 valence electrons. The molecule has 0 unspecified atom stereocenters. The monoisotopic (exact) mass is 242 g/mol. The van der Waals surface area contributed by atoms with Crippen LogP contribution in [0.5, 0.6) is 5.88 Å². The fourth-order valence-corrected chi connectivity index (χ4v) is 1.93. The highest BCUT2D eigenvalue weighted by molar-refractivity contribution is 7.09. The SMILES string of the molecule is O=c1[nH]c(=O)n(Cc2cccs2)c(O)c1F. The van der Waals surface area contributed by atoms with E-state index in [2.05, 4.69) is 0 Å². The molecule has 2 heterocycles. The van der Waals surface area contributed by atoms with Crippen LogP contribution in [-0.2, 0) is 6.54 Å². The fraction of sp³-hybridized carbons (Fsp3) is 0.111. The highest BCUT2D eigenvalue weighted by Gasteiger charge is 2.13. The van der Waals surface area contributed by atoms with Crippen molar-refractivity contribution in [3.8, 4) is 5.88 Å². The molecular formula is C9H7FN2O3S. The molecule has 16 heavy (non-hydrogen) atoms. The molecule has 2 N–H and O–H groups in total. The summed E-state index contributed by atoms with van der Waals surface area (Å²) < 4.78 is 13.8. The minimum absolute atomic E-state index is 0.0238. The predicted octanol–water partition coefficient (Wildman–Crippen LogP) is 0.491. The second-order valence-electron chi connectivity index (χ2n) is 3.06. The van der Waals surface area contributed by atoms with Gasteiger partial charge in [0.25, 0.3) is 5.56 Å². The smallest absolute Gasteiger partial charge is 0.331 e. The molecule has 0 atom stereocenters. The summed E-state index contributed by atoms with van der Waals surface area (Å²) in [7, 11) is 0. The van der Waals surface area contributed by atoms with Gasteiger partial charge in [0, 0.05) is 4.88 Å². The van der Waals surface area contributed by atoms with E-state index in [-0.39, 0.29) is 6.54 Å². The maximum atomic E-state index is 13.0. The van der Waals surface area contributed by atoms with Gasteiger partial charge in [-0.2, -0.15) is 4.39 Å². The van der Waals surface area contributed by atoms with Crippen LogP contribution in [0.1, 0.15) is 4.88 Å². The number of hydrogen-bond acceptors (Lipinski definition) is 4. The van der Waals surface area contributed by atoms with Crippen LogP contribution in [0, 0.1) is 5.82 Å². The van der Waals surface area contributed by atoms with Crippen molar-refractivity contribution in [3.63, 3.8) is 0 Å². The molecule has 5 nitrogen and oxygen atoms in total. The first-order chi connectivity index (χ1) is 7.59. The van der Waals surface area contributed by atoms with Gasteiger partial charge in [-0.1, -0.05) is 6.07 Å². The average Bonchev–Trinajstić information content (AvgIpc) is 2.74. The molecule has 0 spiro atoms. The van der Waals surface area contributed by atoms with E-state index in [0.29, 0.717) is 0 Å². The number of aromatic hydroxyl groups is 1. The normalized spacial score (nSPS) is 10.6. The summed E-state index contributed by atoms with van der Waals surface area (Å²) in [6.45, 7) is 0.0238. The Kier molecular flexibility index (Phi) is 2.61. The van der Waals surface area contributed by atoms with Gasteiger partial charge >= 0.3 is 5.69 Å². The van der Waals surface area contributed by atoms with Crippen LogP contribution >= 0.6 is 11.3 Å². The van der Waals surface area contributed by atoms with Gasteiger partial charge < -0.3 is 5.11 Å². The number of H-pyrrole nitrogens is 1. The zero-order chi connectivity index (χ0) is 11.7. The zero-order valence-corrected chi connectivity index (χ0v) is 8.75. The Bertz CT molecular complexity index is 615. The van der Waals surface area contributed by atoms with Gasteiger partial charge in [0.2, 0.25) is 11.7 Å². The van der Waals surface area contributed by atoms with E-state index in [4.69, 9.17) is 0 Å². The summed E-state index contributed by atoms with van der Waals surface area (Å²) in [5.41, 5.74) is -2.05. The van der Waals surface area contributed by atoms with Crippen LogP contribution < -0.4 is 11.2 Å². The molecule has 0 bridgehead atoms. The third-order valence-corrected chi connectivity index (χ3v) is 2.87. The number of halogens is 1. The van der Waals surface area contributed by atoms with Crippen molar-refractivity contribution >= 4 is 11.3 Å². The van der Waals surface area contributed by atoms with Gasteiger partial charge in [0.1, 0.15) is 0 Å². The first kappa shape index (κ1) is 10.6. The second kappa shape index (κ2) is 3.93. The molecule has 2 rings (SSSR count). The quantitative estimate of drug-likeness (QED) is 0.804. The standard InChI is InChI=1S/C9H7FN2O3S/c10-6-7(13)11-9(15)12(8(6)14)4-5-2-1-3-16-5/h1-3,14H,4H2,(H,11,13,15). The molecule has 7 heteroatoms. The molecule has 0 fully saturated rings. The van der Waals surface area contributed by atoms with Crippen molar-refractivity contribution in [2.24, 2.45) is 0 Å². The summed E-state index contributed by atoms with van der Waals surface area (Å²) in [5, 5.41) is 11.1. The van der Waals surface area contributed by atoms with E-state index in [9.17, 15) is 19.1 Å².